The van der Waals surface area contributed by atoms with Crippen molar-refractivity contribution in [3.8, 4) is 0 Å². The monoisotopic (exact) mass is 231 g/mol. The van der Waals surface area contributed by atoms with Crippen LogP contribution in [0.25, 0.3) is 0 Å². The molecule has 0 fully saturated rings. The van der Waals surface area contributed by atoms with Crippen molar-refractivity contribution in [3.05, 3.63) is 12.0 Å². The second-order valence-corrected chi connectivity index (χ2v) is 5.45. The summed E-state index contributed by atoms with van der Waals surface area (Å²) in [5, 5.41) is 4.98. The van der Waals surface area contributed by atoms with Gasteiger partial charge in [0.25, 0.3) is 10.0 Å². The highest BCUT2D eigenvalue weighted by Gasteiger charge is 2.15. The predicted molar refractivity (Wildman–Crippen MR) is 57.8 cm³/mol. The van der Waals surface area contributed by atoms with Crippen LogP contribution in [0.1, 0.15) is 26.6 Å². The molecule has 15 heavy (non-hydrogen) atoms. The van der Waals surface area contributed by atoms with Gasteiger partial charge in [-0.25, -0.2) is 18.5 Å². The first-order valence-electron chi connectivity index (χ1n) is 4.93. The van der Waals surface area contributed by atoms with Gasteiger partial charge in [-0.15, -0.1) is 0 Å². The number of rotatable bonds is 4. The van der Waals surface area contributed by atoms with Gasteiger partial charge in [-0.2, -0.15) is 0 Å². The third kappa shape index (κ3) is 3.04. The van der Waals surface area contributed by atoms with Crippen LogP contribution in [0.15, 0.2) is 11.2 Å². The zero-order chi connectivity index (χ0) is 11.6. The van der Waals surface area contributed by atoms with Crippen LogP contribution < -0.4 is 5.14 Å². The minimum Gasteiger partial charge on any atom is -0.333 e. The Labute approximate surface area is 90.4 Å². The van der Waals surface area contributed by atoms with E-state index in [0.717, 1.165) is 12.4 Å². The Morgan fingerprint density at radius 1 is 1.53 bits per heavy atom. The van der Waals surface area contributed by atoms with E-state index in [9.17, 15) is 8.42 Å². The molecule has 0 aliphatic carbocycles. The Bertz CT molecular complexity index is 434. The Morgan fingerprint density at radius 2 is 2.13 bits per heavy atom. The van der Waals surface area contributed by atoms with Crippen LogP contribution in [0, 0.1) is 5.92 Å². The van der Waals surface area contributed by atoms with E-state index in [-0.39, 0.29) is 5.03 Å². The van der Waals surface area contributed by atoms with Gasteiger partial charge >= 0.3 is 0 Å². The first-order valence-corrected chi connectivity index (χ1v) is 6.48. The van der Waals surface area contributed by atoms with Crippen molar-refractivity contribution in [3.63, 3.8) is 0 Å². The van der Waals surface area contributed by atoms with Gasteiger partial charge in [-0.3, -0.25) is 0 Å². The zero-order valence-electron chi connectivity index (χ0n) is 9.27. The summed E-state index contributed by atoms with van der Waals surface area (Å²) in [6.07, 6.45) is 2.20. The number of hydrogen-bond donors (Lipinski definition) is 1. The molecular formula is C9H17N3O2S. The second-order valence-electron chi connectivity index (χ2n) is 3.94. The summed E-state index contributed by atoms with van der Waals surface area (Å²) in [4.78, 5) is 4.00. The normalized spacial score (nSPS) is 12.3. The van der Waals surface area contributed by atoms with Crippen LogP contribution in [0.2, 0.25) is 0 Å². The number of aromatic nitrogens is 2. The number of nitrogens with two attached hydrogens (primary N) is 1. The van der Waals surface area contributed by atoms with Crippen LogP contribution in [0.4, 0.5) is 0 Å². The van der Waals surface area contributed by atoms with E-state index in [4.69, 9.17) is 5.14 Å². The van der Waals surface area contributed by atoms with Gasteiger partial charge in [0.05, 0.1) is 0 Å². The van der Waals surface area contributed by atoms with Crippen LogP contribution in [-0.4, -0.2) is 18.0 Å². The van der Waals surface area contributed by atoms with E-state index in [1.807, 2.05) is 11.5 Å². The summed E-state index contributed by atoms with van der Waals surface area (Å²) in [5.74, 6) is 1.20. The fourth-order valence-corrected chi connectivity index (χ4v) is 1.91. The summed E-state index contributed by atoms with van der Waals surface area (Å²) in [7, 11) is -3.68. The van der Waals surface area contributed by atoms with E-state index < -0.39 is 10.0 Å². The topological polar surface area (TPSA) is 78.0 Å². The molecule has 0 aliphatic rings. The average Bonchev–Trinajstić information content (AvgIpc) is 2.45. The number of primary sulfonamides is 1. The van der Waals surface area contributed by atoms with E-state index in [2.05, 4.69) is 18.8 Å². The van der Waals surface area contributed by atoms with Gasteiger partial charge in [0.1, 0.15) is 5.82 Å². The molecule has 1 heterocycles. The summed E-state index contributed by atoms with van der Waals surface area (Å²) in [6, 6.07) is 0. The number of nitrogens with zero attached hydrogens (tertiary/aromatic N) is 2. The Kier molecular flexibility index (Phi) is 3.51. The predicted octanol–water partition coefficient (Wildman–Crippen LogP) is 0.749. The minimum atomic E-state index is -3.68. The molecule has 0 saturated carbocycles. The van der Waals surface area contributed by atoms with Crippen molar-refractivity contribution in [1.82, 2.24) is 9.55 Å². The fourth-order valence-electron chi connectivity index (χ4n) is 1.40. The molecule has 1 rings (SSSR count). The van der Waals surface area contributed by atoms with Crippen LogP contribution in [0.5, 0.6) is 0 Å². The van der Waals surface area contributed by atoms with E-state index in [0.29, 0.717) is 12.3 Å². The molecule has 6 heteroatoms. The smallest absolute Gasteiger partial charge is 0.257 e. The maximum Gasteiger partial charge on any atom is 0.257 e. The zero-order valence-corrected chi connectivity index (χ0v) is 10.1. The van der Waals surface area contributed by atoms with Crippen molar-refractivity contribution in [1.29, 1.82) is 0 Å². The van der Waals surface area contributed by atoms with Gasteiger partial charge in [0.15, 0.2) is 5.03 Å². The quantitative estimate of drug-likeness (QED) is 0.830. The molecule has 0 aromatic carbocycles. The Morgan fingerprint density at radius 3 is 2.53 bits per heavy atom. The van der Waals surface area contributed by atoms with Crippen molar-refractivity contribution >= 4 is 10.0 Å². The molecule has 0 aliphatic heterocycles. The van der Waals surface area contributed by atoms with E-state index in [1.54, 1.807) is 0 Å². The third-order valence-corrected chi connectivity index (χ3v) is 2.79. The lowest BCUT2D eigenvalue weighted by atomic mass is 10.2. The third-order valence-electron chi connectivity index (χ3n) is 2.01. The second kappa shape index (κ2) is 4.32. The molecule has 0 spiro atoms. The summed E-state index contributed by atoms with van der Waals surface area (Å²) in [6.45, 7) is 6.82. The van der Waals surface area contributed by atoms with E-state index >= 15 is 0 Å². The molecule has 1 aromatic rings. The van der Waals surface area contributed by atoms with Crippen LogP contribution in [-0.2, 0) is 23.0 Å². The molecule has 0 radical (unpaired) electrons. The van der Waals surface area contributed by atoms with Crippen molar-refractivity contribution in [2.24, 2.45) is 11.1 Å². The molecule has 0 amide bonds. The summed E-state index contributed by atoms with van der Waals surface area (Å²) in [5.41, 5.74) is 0. The molecule has 0 saturated heterocycles. The van der Waals surface area contributed by atoms with Gasteiger partial charge in [0.2, 0.25) is 0 Å². The lowest BCUT2D eigenvalue weighted by molar-refractivity contribution is 0.508. The molecule has 2 N–H and O–H groups in total. The number of imidazole rings is 1. The summed E-state index contributed by atoms with van der Waals surface area (Å²) < 4.78 is 24.1. The maximum absolute atomic E-state index is 11.1. The minimum absolute atomic E-state index is 0.0417. The van der Waals surface area contributed by atoms with Crippen LogP contribution >= 0.6 is 0 Å². The van der Waals surface area contributed by atoms with Crippen LogP contribution in [0.3, 0.4) is 0 Å². The number of hydrogen-bond acceptors (Lipinski definition) is 3. The largest absolute Gasteiger partial charge is 0.333 e. The van der Waals surface area contributed by atoms with Crippen molar-refractivity contribution < 1.29 is 8.42 Å². The van der Waals surface area contributed by atoms with Gasteiger partial charge in [-0.05, 0) is 5.92 Å². The molecule has 0 atom stereocenters. The highest BCUT2D eigenvalue weighted by atomic mass is 32.2. The first-order chi connectivity index (χ1) is 6.84. The SMILES string of the molecule is CCc1nc(S(N)(=O)=O)cn1CC(C)C. The lowest BCUT2D eigenvalue weighted by Crippen LogP contribution is -2.12. The number of sulfonamides is 1. The fraction of sp³-hybridized carbons (Fsp3) is 0.667. The van der Waals surface area contributed by atoms with Gasteiger partial charge in [0, 0.05) is 19.2 Å². The molecule has 1 aromatic heterocycles. The first kappa shape index (κ1) is 12.2. The highest BCUT2D eigenvalue weighted by Crippen LogP contribution is 2.11. The molecular weight excluding hydrogens is 214 g/mol. The molecule has 0 unspecified atom stereocenters. The lowest BCUT2D eigenvalue weighted by Gasteiger charge is -2.08. The Balaban J connectivity index is 3.12. The standard InChI is InChI=1S/C9H17N3O2S/c1-4-8-11-9(15(10,13)14)6-12(8)5-7(2)3/h6-7H,4-5H2,1-3H3,(H2,10,13,14). The average molecular weight is 231 g/mol. The van der Waals surface area contributed by atoms with Crippen molar-refractivity contribution in [2.75, 3.05) is 0 Å². The molecule has 5 nitrogen and oxygen atoms in total. The van der Waals surface area contributed by atoms with Crippen molar-refractivity contribution in [2.45, 2.75) is 38.8 Å². The highest BCUT2D eigenvalue weighted by molar-refractivity contribution is 7.89. The van der Waals surface area contributed by atoms with Gasteiger partial charge < -0.3 is 4.57 Å². The molecule has 0 bridgehead atoms. The van der Waals surface area contributed by atoms with E-state index in [1.165, 1.54) is 6.20 Å². The summed E-state index contributed by atoms with van der Waals surface area (Å²) >= 11 is 0. The Hall–Kier alpha value is -0.880. The number of aryl methyl sites for hydroxylation is 1. The maximum atomic E-state index is 11.1. The van der Waals surface area contributed by atoms with Gasteiger partial charge in [-0.1, -0.05) is 20.8 Å². The molecule has 86 valence electrons.